The van der Waals surface area contributed by atoms with Crippen LogP contribution in [-0.2, 0) is 0 Å². The fourth-order valence-electron chi connectivity index (χ4n) is 2.44. The van der Waals surface area contributed by atoms with Crippen molar-refractivity contribution < 1.29 is 0 Å². The quantitative estimate of drug-likeness (QED) is 0.540. The van der Waals surface area contributed by atoms with Crippen LogP contribution >= 0.6 is 0 Å². The normalized spacial score (nSPS) is 25.7. The minimum absolute atomic E-state index is 0.580. The second-order valence-electron chi connectivity index (χ2n) is 4.52. The second kappa shape index (κ2) is 4.67. The van der Waals surface area contributed by atoms with Crippen molar-refractivity contribution in [2.75, 3.05) is 13.1 Å². The smallest absolute Gasteiger partial charge is 0.122 e. The average Bonchev–Trinajstić information content (AvgIpc) is 2.72. The molecule has 1 aliphatic carbocycles. The van der Waals surface area contributed by atoms with Gasteiger partial charge in [-0.1, -0.05) is 12.8 Å². The molecule has 2 N–H and O–H groups in total. The zero-order valence-electron chi connectivity index (χ0n) is 8.91. The molecule has 1 saturated heterocycles. The Morgan fingerprint density at radius 2 is 1.64 bits per heavy atom. The monoisotopic (exact) mass is 195 g/mol. The molecule has 14 heavy (non-hydrogen) atoms. The summed E-state index contributed by atoms with van der Waals surface area (Å²) >= 11 is 0. The molecule has 3 nitrogen and oxygen atoms in total. The van der Waals surface area contributed by atoms with Gasteiger partial charge in [-0.25, -0.2) is 0 Å². The van der Waals surface area contributed by atoms with E-state index in [2.05, 4.69) is 10.1 Å². The summed E-state index contributed by atoms with van der Waals surface area (Å²) in [5, 5.41) is 6.71. The van der Waals surface area contributed by atoms with Crippen LogP contribution in [0.2, 0.25) is 0 Å². The van der Waals surface area contributed by atoms with Crippen molar-refractivity contribution in [3.8, 4) is 0 Å². The van der Waals surface area contributed by atoms with Crippen LogP contribution in [0.5, 0.6) is 0 Å². The molecule has 2 rings (SSSR count). The first kappa shape index (κ1) is 9.81. The molecule has 0 spiro atoms. The van der Waals surface area contributed by atoms with E-state index in [-0.39, 0.29) is 0 Å². The first-order valence-electron chi connectivity index (χ1n) is 5.95. The van der Waals surface area contributed by atoms with Crippen LogP contribution in [0, 0.1) is 5.92 Å². The lowest BCUT2D eigenvalue weighted by molar-refractivity contribution is 0.237. The van der Waals surface area contributed by atoms with Crippen LogP contribution < -0.4 is 5.73 Å². The number of hydrogen-bond acceptors (Lipinski definition) is 2. The van der Waals surface area contributed by atoms with E-state index < -0.39 is 0 Å². The zero-order valence-corrected chi connectivity index (χ0v) is 8.91. The van der Waals surface area contributed by atoms with Crippen molar-refractivity contribution in [3.05, 3.63) is 0 Å². The van der Waals surface area contributed by atoms with E-state index in [1.807, 2.05) is 0 Å². The molecular formula is C11H21N3. The van der Waals surface area contributed by atoms with Crippen molar-refractivity contribution in [2.45, 2.75) is 44.9 Å². The van der Waals surface area contributed by atoms with Gasteiger partial charge in [0.25, 0.3) is 0 Å². The number of hydrazone groups is 1. The summed E-state index contributed by atoms with van der Waals surface area (Å²) in [6.45, 7) is 2.21. The summed E-state index contributed by atoms with van der Waals surface area (Å²) in [6, 6.07) is 0. The number of piperidine rings is 1. The van der Waals surface area contributed by atoms with Crippen LogP contribution in [0.4, 0.5) is 0 Å². The third kappa shape index (κ3) is 2.40. The van der Waals surface area contributed by atoms with Crippen LogP contribution in [0.15, 0.2) is 5.10 Å². The Kier molecular flexibility index (Phi) is 3.27. The Bertz CT molecular complexity index is 201. The van der Waals surface area contributed by atoms with Gasteiger partial charge in [-0.05, 0) is 32.1 Å². The van der Waals surface area contributed by atoms with E-state index in [0.717, 1.165) is 18.9 Å². The Morgan fingerprint density at radius 1 is 1.00 bits per heavy atom. The minimum atomic E-state index is 0.580. The molecule has 1 aliphatic heterocycles. The van der Waals surface area contributed by atoms with E-state index in [0.29, 0.717) is 5.92 Å². The van der Waals surface area contributed by atoms with Crippen LogP contribution in [-0.4, -0.2) is 23.9 Å². The SMILES string of the molecule is N/C(=N\N1CCCCC1)C1CCCC1. The third-order valence-corrected chi connectivity index (χ3v) is 3.36. The number of rotatable bonds is 2. The molecule has 1 heterocycles. The van der Waals surface area contributed by atoms with E-state index in [4.69, 9.17) is 5.73 Å². The summed E-state index contributed by atoms with van der Waals surface area (Å²) in [6.07, 6.45) is 9.09. The van der Waals surface area contributed by atoms with Gasteiger partial charge in [0.15, 0.2) is 0 Å². The minimum Gasteiger partial charge on any atom is -0.385 e. The van der Waals surface area contributed by atoms with Crippen molar-refractivity contribution >= 4 is 5.84 Å². The number of nitrogens with zero attached hydrogens (tertiary/aromatic N) is 2. The lowest BCUT2D eigenvalue weighted by Gasteiger charge is -2.25. The molecule has 0 radical (unpaired) electrons. The van der Waals surface area contributed by atoms with Gasteiger partial charge in [0.1, 0.15) is 5.84 Å². The zero-order chi connectivity index (χ0) is 9.80. The fourth-order valence-corrected chi connectivity index (χ4v) is 2.44. The van der Waals surface area contributed by atoms with Gasteiger partial charge >= 0.3 is 0 Å². The highest BCUT2D eigenvalue weighted by Gasteiger charge is 2.19. The molecule has 2 fully saturated rings. The van der Waals surface area contributed by atoms with Gasteiger partial charge in [0, 0.05) is 19.0 Å². The van der Waals surface area contributed by atoms with Crippen molar-refractivity contribution in [1.82, 2.24) is 5.01 Å². The van der Waals surface area contributed by atoms with Gasteiger partial charge in [0.2, 0.25) is 0 Å². The first-order valence-corrected chi connectivity index (χ1v) is 5.95. The van der Waals surface area contributed by atoms with Gasteiger partial charge in [0.05, 0.1) is 0 Å². The lowest BCUT2D eigenvalue weighted by Crippen LogP contribution is -2.31. The highest BCUT2D eigenvalue weighted by atomic mass is 15.5. The molecule has 1 saturated carbocycles. The van der Waals surface area contributed by atoms with Crippen molar-refractivity contribution in [2.24, 2.45) is 16.8 Å². The maximum atomic E-state index is 6.02. The summed E-state index contributed by atoms with van der Waals surface area (Å²) in [5.41, 5.74) is 6.02. The highest BCUT2D eigenvalue weighted by molar-refractivity contribution is 5.82. The lowest BCUT2D eigenvalue weighted by atomic mass is 10.1. The molecule has 0 amide bonds. The Labute approximate surface area is 86.3 Å². The van der Waals surface area contributed by atoms with Gasteiger partial charge < -0.3 is 5.73 Å². The molecule has 0 aromatic rings. The van der Waals surface area contributed by atoms with Crippen molar-refractivity contribution in [1.29, 1.82) is 0 Å². The predicted molar refractivity (Wildman–Crippen MR) is 59.0 cm³/mol. The maximum absolute atomic E-state index is 6.02. The Hall–Kier alpha value is -0.730. The Morgan fingerprint density at radius 3 is 2.29 bits per heavy atom. The molecule has 0 aromatic heterocycles. The van der Waals surface area contributed by atoms with E-state index in [1.54, 1.807) is 0 Å². The highest BCUT2D eigenvalue weighted by Crippen LogP contribution is 2.25. The van der Waals surface area contributed by atoms with Gasteiger partial charge in [-0.15, -0.1) is 0 Å². The summed E-state index contributed by atoms with van der Waals surface area (Å²) < 4.78 is 0. The molecular weight excluding hydrogens is 174 g/mol. The molecule has 0 unspecified atom stereocenters. The molecule has 3 heteroatoms. The molecule has 0 atom stereocenters. The van der Waals surface area contributed by atoms with E-state index in [1.165, 1.54) is 44.9 Å². The first-order chi connectivity index (χ1) is 6.86. The number of hydrogen-bond donors (Lipinski definition) is 1. The van der Waals surface area contributed by atoms with Crippen LogP contribution in [0.3, 0.4) is 0 Å². The van der Waals surface area contributed by atoms with Crippen LogP contribution in [0.25, 0.3) is 0 Å². The van der Waals surface area contributed by atoms with E-state index in [9.17, 15) is 0 Å². The summed E-state index contributed by atoms with van der Waals surface area (Å²) in [7, 11) is 0. The standard InChI is InChI=1S/C11H21N3/c12-11(10-6-2-3-7-10)13-14-8-4-1-5-9-14/h10H,1-9H2,(H2,12,13). The fraction of sp³-hybridized carbons (Fsp3) is 0.909. The summed E-state index contributed by atoms with van der Waals surface area (Å²) in [4.78, 5) is 0. The molecule has 80 valence electrons. The molecule has 0 bridgehead atoms. The Balaban J connectivity index is 1.87. The topological polar surface area (TPSA) is 41.6 Å². The predicted octanol–water partition coefficient (Wildman–Crippen LogP) is 1.93. The largest absolute Gasteiger partial charge is 0.385 e. The summed E-state index contributed by atoms with van der Waals surface area (Å²) in [5.74, 6) is 1.47. The van der Waals surface area contributed by atoms with Crippen LogP contribution in [0.1, 0.15) is 44.9 Å². The third-order valence-electron chi connectivity index (χ3n) is 3.36. The average molecular weight is 195 g/mol. The number of amidine groups is 1. The van der Waals surface area contributed by atoms with Gasteiger partial charge in [-0.3, -0.25) is 5.01 Å². The molecule has 2 aliphatic rings. The molecule has 0 aromatic carbocycles. The maximum Gasteiger partial charge on any atom is 0.122 e. The van der Waals surface area contributed by atoms with Crippen molar-refractivity contribution in [3.63, 3.8) is 0 Å². The second-order valence-corrected chi connectivity index (χ2v) is 4.52. The van der Waals surface area contributed by atoms with E-state index >= 15 is 0 Å². The number of nitrogens with two attached hydrogens (primary N) is 1. The van der Waals surface area contributed by atoms with Gasteiger partial charge in [-0.2, -0.15) is 5.10 Å².